The van der Waals surface area contributed by atoms with Crippen LogP contribution >= 0.6 is 0 Å². The predicted octanol–water partition coefficient (Wildman–Crippen LogP) is 2.44. The summed E-state index contributed by atoms with van der Waals surface area (Å²) in [4.78, 5) is 14.4. The SMILES string of the molecule is CC(C)c1ccc(S(=O)(=O)N2CC(F)CC2Cn2cc(C(=O)N3CCCC3)nn2)cc1. The van der Waals surface area contributed by atoms with Crippen molar-refractivity contribution in [3.05, 3.63) is 41.7 Å². The first-order chi connectivity index (χ1) is 14.8. The van der Waals surface area contributed by atoms with Gasteiger partial charge >= 0.3 is 0 Å². The zero-order chi connectivity index (χ0) is 22.2. The van der Waals surface area contributed by atoms with Gasteiger partial charge in [-0.2, -0.15) is 4.31 Å². The maximum absolute atomic E-state index is 14.3. The first-order valence-corrected chi connectivity index (χ1v) is 12.1. The van der Waals surface area contributed by atoms with Crippen molar-refractivity contribution in [3.63, 3.8) is 0 Å². The minimum atomic E-state index is -3.85. The van der Waals surface area contributed by atoms with E-state index in [2.05, 4.69) is 10.3 Å². The maximum atomic E-state index is 14.3. The molecule has 1 aromatic heterocycles. The number of hydrogen-bond donors (Lipinski definition) is 0. The molecule has 2 fully saturated rings. The Bertz CT molecular complexity index is 1030. The third-order valence-corrected chi connectivity index (χ3v) is 7.95. The molecule has 31 heavy (non-hydrogen) atoms. The van der Waals surface area contributed by atoms with Gasteiger partial charge in [-0.15, -0.1) is 5.10 Å². The number of carbonyl (C=O) groups excluding carboxylic acids is 1. The minimum absolute atomic E-state index is 0.0819. The first-order valence-electron chi connectivity index (χ1n) is 10.7. The number of benzene rings is 1. The van der Waals surface area contributed by atoms with E-state index in [9.17, 15) is 17.6 Å². The fourth-order valence-electron chi connectivity index (χ4n) is 4.24. The Morgan fingerprint density at radius 2 is 1.87 bits per heavy atom. The van der Waals surface area contributed by atoms with E-state index < -0.39 is 22.2 Å². The number of amides is 1. The summed E-state index contributed by atoms with van der Waals surface area (Å²) in [5.74, 6) is 0.115. The van der Waals surface area contributed by atoms with Crippen LogP contribution in [-0.2, 0) is 16.6 Å². The van der Waals surface area contributed by atoms with Crippen LogP contribution in [0.3, 0.4) is 0 Å². The fraction of sp³-hybridized carbons (Fsp3) is 0.571. The molecule has 2 saturated heterocycles. The predicted molar refractivity (Wildman–Crippen MR) is 113 cm³/mol. The van der Waals surface area contributed by atoms with Crippen LogP contribution in [0.5, 0.6) is 0 Å². The number of halogens is 1. The van der Waals surface area contributed by atoms with E-state index in [4.69, 9.17) is 0 Å². The summed E-state index contributed by atoms with van der Waals surface area (Å²) < 4.78 is 43.3. The van der Waals surface area contributed by atoms with Crippen molar-refractivity contribution in [1.29, 1.82) is 0 Å². The van der Waals surface area contributed by atoms with Gasteiger partial charge in [-0.25, -0.2) is 12.8 Å². The Balaban J connectivity index is 1.51. The number of sulfonamides is 1. The maximum Gasteiger partial charge on any atom is 0.276 e. The average molecular weight is 450 g/mol. The number of aromatic nitrogens is 3. The van der Waals surface area contributed by atoms with E-state index in [1.54, 1.807) is 29.2 Å². The Morgan fingerprint density at radius 1 is 1.19 bits per heavy atom. The lowest BCUT2D eigenvalue weighted by atomic mass is 10.0. The summed E-state index contributed by atoms with van der Waals surface area (Å²) in [6, 6.07) is 6.15. The molecule has 1 amide bonds. The third kappa shape index (κ3) is 4.50. The van der Waals surface area contributed by atoms with Crippen molar-refractivity contribution in [2.45, 2.75) is 62.7 Å². The zero-order valence-electron chi connectivity index (χ0n) is 17.8. The Kier molecular flexibility index (Phi) is 6.11. The van der Waals surface area contributed by atoms with Crippen molar-refractivity contribution in [2.75, 3.05) is 19.6 Å². The lowest BCUT2D eigenvalue weighted by Gasteiger charge is -2.23. The largest absolute Gasteiger partial charge is 0.337 e. The molecule has 2 aliphatic rings. The molecule has 3 heterocycles. The van der Waals surface area contributed by atoms with E-state index in [0.717, 1.165) is 18.4 Å². The van der Waals surface area contributed by atoms with Gasteiger partial charge in [0.15, 0.2) is 5.69 Å². The first kappa shape index (κ1) is 21.9. The molecule has 2 atom stereocenters. The highest BCUT2D eigenvalue weighted by Gasteiger charge is 2.41. The summed E-state index contributed by atoms with van der Waals surface area (Å²) in [5, 5.41) is 7.95. The van der Waals surface area contributed by atoms with Crippen molar-refractivity contribution < 1.29 is 17.6 Å². The Labute approximate surface area is 182 Å². The summed E-state index contributed by atoms with van der Waals surface area (Å²) in [7, 11) is -3.85. The molecule has 0 aliphatic carbocycles. The van der Waals surface area contributed by atoms with Crippen LogP contribution in [0.2, 0.25) is 0 Å². The highest BCUT2D eigenvalue weighted by molar-refractivity contribution is 7.89. The van der Waals surface area contributed by atoms with Crippen molar-refractivity contribution in [3.8, 4) is 0 Å². The second kappa shape index (κ2) is 8.66. The summed E-state index contributed by atoms with van der Waals surface area (Å²) in [6.45, 7) is 5.44. The van der Waals surface area contributed by atoms with Gasteiger partial charge in [0.2, 0.25) is 10.0 Å². The molecule has 0 spiro atoms. The Hall–Kier alpha value is -2.33. The summed E-state index contributed by atoms with van der Waals surface area (Å²) in [5.41, 5.74) is 1.27. The van der Waals surface area contributed by atoms with E-state index in [0.29, 0.717) is 13.1 Å². The molecule has 168 valence electrons. The fourth-order valence-corrected chi connectivity index (χ4v) is 5.89. The van der Waals surface area contributed by atoms with Crippen LogP contribution in [0.15, 0.2) is 35.4 Å². The standard InChI is InChI=1S/C21H28FN5O3S/c1-15(2)16-5-7-19(8-6-16)31(29,30)27-12-17(22)11-18(27)13-26-14-20(23-24-26)21(28)25-9-3-4-10-25/h5-8,14-15,17-18H,3-4,9-13H2,1-2H3. The van der Waals surface area contributed by atoms with Crippen LogP contribution in [-0.4, -0.2) is 70.4 Å². The monoisotopic (exact) mass is 449 g/mol. The number of nitrogens with zero attached hydrogens (tertiary/aromatic N) is 5. The minimum Gasteiger partial charge on any atom is -0.337 e. The molecular formula is C21H28FN5O3S. The molecule has 0 N–H and O–H groups in total. The molecule has 10 heteroatoms. The molecule has 2 unspecified atom stereocenters. The highest BCUT2D eigenvalue weighted by Crippen LogP contribution is 2.29. The molecule has 1 aromatic carbocycles. The van der Waals surface area contributed by atoms with Gasteiger partial charge in [0.25, 0.3) is 5.91 Å². The molecular weight excluding hydrogens is 421 g/mol. The van der Waals surface area contributed by atoms with Gasteiger partial charge in [-0.3, -0.25) is 9.48 Å². The number of alkyl halides is 1. The van der Waals surface area contributed by atoms with Crippen molar-refractivity contribution >= 4 is 15.9 Å². The normalized spacial score (nSPS) is 22.5. The topological polar surface area (TPSA) is 88.4 Å². The van der Waals surface area contributed by atoms with Gasteiger partial charge in [0, 0.05) is 25.7 Å². The Morgan fingerprint density at radius 3 is 2.52 bits per heavy atom. The van der Waals surface area contributed by atoms with Crippen LogP contribution in [0, 0.1) is 0 Å². The number of rotatable bonds is 6. The van der Waals surface area contributed by atoms with E-state index in [1.807, 2.05) is 13.8 Å². The van der Waals surface area contributed by atoms with E-state index in [-0.39, 0.29) is 41.9 Å². The van der Waals surface area contributed by atoms with Crippen molar-refractivity contribution in [1.82, 2.24) is 24.2 Å². The van der Waals surface area contributed by atoms with Gasteiger partial charge in [-0.05, 0) is 42.9 Å². The van der Waals surface area contributed by atoms with Crippen LogP contribution in [0.25, 0.3) is 0 Å². The van der Waals surface area contributed by atoms with Crippen molar-refractivity contribution in [2.24, 2.45) is 0 Å². The number of carbonyl (C=O) groups is 1. The lowest BCUT2D eigenvalue weighted by Crippen LogP contribution is -2.38. The zero-order valence-corrected chi connectivity index (χ0v) is 18.6. The highest BCUT2D eigenvalue weighted by atomic mass is 32.2. The molecule has 0 radical (unpaired) electrons. The van der Waals surface area contributed by atoms with Gasteiger partial charge in [0.1, 0.15) is 6.17 Å². The molecule has 4 rings (SSSR count). The van der Waals surface area contributed by atoms with Gasteiger partial charge in [0.05, 0.1) is 17.6 Å². The average Bonchev–Trinajstić information content (AvgIpc) is 3.49. The second-order valence-electron chi connectivity index (χ2n) is 8.61. The van der Waals surface area contributed by atoms with Gasteiger partial charge < -0.3 is 4.90 Å². The lowest BCUT2D eigenvalue weighted by molar-refractivity contribution is 0.0787. The van der Waals surface area contributed by atoms with Gasteiger partial charge in [-0.1, -0.05) is 31.2 Å². The molecule has 2 aliphatic heterocycles. The smallest absolute Gasteiger partial charge is 0.276 e. The van der Waals surface area contributed by atoms with E-state index >= 15 is 0 Å². The molecule has 0 bridgehead atoms. The molecule has 2 aromatic rings. The van der Waals surface area contributed by atoms with Crippen LogP contribution in [0.1, 0.15) is 55.1 Å². The van der Waals surface area contributed by atoms with E-state index in [1.165, 1.54) is 15.2 Å². The molecule has 8 nitrogen and oxygen atoms in total. The summed E-state index contributed by atoms with van der Waals surface area (Å²) in [6.07, 6.45) is 2.31. The van der Waals surface area contributed by atoms with Crippen LogP contribution < -0.4 is 0 Å². The summed E-state index contributed by atoms with van der Waals surface area (Å²) >= 11 is 0. The quantitative estimate of drug-likeness (QED) is 0.676. The molecule has 0 saturated carbocycles. The number of likely N-dealkylation sites (tertiary alicyclic amines) is 1. The second-order valence-corrected chi connectivity index (χ2v) is 10.5. The van der Waals surface area contributed by atoms with Crippen LogP contribution in [0.4, 0.5) is 4.39 Å². The number of hydrogen-bond acceptors (Lipinski definition) is 5. The third-order valence-electron chi connectivity index (χ3n) is 6.02.